The lowest BCUT2D eigenvalue weighted by Gasteiger charge is -2.42. The minimum Gasteiger partial charge on any atom is -0.465 e. The summed E-state index contributed by atoms with van der Waals surface area (Å²) < 4.78 is 34.7. The molecule has 5 rings (SSSR count). The molecular weight excluding hydrogens is 626 g/mol. The van der Waals surface area contributed by atoms with E-state index >= 15 is 0 Å². The van der Waals surface area contributed by atoms with Gasteiger partial charge in [0.05, 0.1) is 47.1 Å². The summed E-state index contributed by atoms with van der Waals surface area (Å²) in [6.07, 6.45) is -1.91. The average Bonchev–Trinajstić information content (AvgIpc) is 3.53. The Labute approximate surface area is 266 Å². The number of halogens is 2. The van der Waals surface area contributed by atoms with E-state index in [1.165, 1.54) is 12.3 Å². The Morgan fingerprint density at radius 3 is 2.46 bits per heavy atom. The van der Waals surface area contributed by atoms with Gasteiger partial charge in [-0.1, -0.05) is 24.3 Å². The van der Waals surface area contributed by atoms with Gasteiger partial charge >= 0.3 is 12.2 Å². The average molecular weight is 661 g/mol. The van der Waals surface area contributed by atoms with Crippen molar-refractivity contribution in [1.82, 2.24) is 15.3 Å². The van der Waals surface area contributed by atoms with Crippen molar-refractivity contribution in [3.63, 3.8) is 0 Å². The second-order valence-electron chi connectivity index (χ2n) is 12.2. The summed E-state index contributed by atoms with van der Waals surface area (Å²) in [4.78, 5) is 48.4. The fourth-order valence-corrected chi connectivity index (χ4v) is 6.65. The highest BCUT2D eigenvalue weighted by molar-refractivity contribution is 7.19. The van der Waals surface area contributed by atoms with Crippen LogP contribution in [0.25, 0.3) is 10.6 Å². The third-order valence-electron chi connectivity index (χ3n) is 7.59. The summed E-state index contributed by atoms with van der Waals surface area (Å²) in [6.45, 7) is 7.02. The molecule has 0 radical (unpaired) electrons. The summed E-state index contributed by atoms with van der Waals surface area (Å²) in [5, 5.41) is 37.8. The zero-order chi connectivity index (χ0) is 33.5. The molecule has 2 aliphatic rings. The molecule has 1 unspecified atom stereocenters. The minimum atomic E-state index is -1.31. The number of hydrogen-bond acceptors (Lipinski definition) is 10. The zero-order valence-electron chi connectivity index (χ0n) is 25.4. The second-order valence-corrected chi connectivity index (χ2v) is 13.2. The first-order chi connectivity index (χ1) is 21.6. The molecule has 13 nitrogen and oxygen atoms in total. The van der Waals surface area contributed by atoms with Crippen molar-refractivity contribution in [1.29, 1.82) is 0 Å². The molecule has 1 fully saturated rings. The van der Waals surface area contributed by atoms with Crippen LogP contribution in [0.3, 0.4) is 0 Å². The lowest BCUT2D eigenvalue weighted by molar-refractivity contribution is 0.0633. The van der Waals surface area contributed by atoms with Crippen LogP contribution in [0.1, 0.15) is 62.0 Å². The number of nitrogens with zero attached hydrogens (tertiary/aromatic N) is 3. The Morgan fingerprint density at radius 2 is 1.80 bits per heavy atom. The summed E-state index contributed by atoms with van der Waals surface area (Å²) in [5.74, 6) is -3.07. The number of amides is 3. The number of rotatable bonds is 6. The number of carbonyl (C=O) groups is 3. The number of benzene rings is 1. The molecule has 246 valence electrons. The predicted molar refractivity (Wildman–Crippen MR) is 165 cm³/mol. The lowest BCUT2D eigenvalue weighted by Crippen LogP contribution is -2.58. The highest BCUT2D eigenvalue weighted by Gasteiger charge is 2.38. The van der Waals surface area contributed by atoms with Gasteiger partial charge < -0.3 is 35.6 Å². The number of carbonyl (C=O) groups excluding carboxylic acids is 2. The van der Waals surface area contributed by atoms with Gasteiger partial charge in [0.1, 0.15) is 27.2 Å². The van der Waals surface area contributed by atoms with Crippen LogP contribution in [0.2, 0.25) is 0 Å². The van der Waals surface area contributed by atoms with Gasteiger partial charge in [0.15, 0.2) is 5.69 Å². The topological polar surface area (TPSA) is 186 Å². The number of nitrogens with one attached hydrogen (secondary N) is 3. The molecule has 3 heterocycles. The quantitative estimate of drug-likeness (QED) is 0.220. The predicted octanol–water partition coefficient (Wildman–Crippen LogP) is 4.52. The van der Waals surface area contributed by atoms with Crippen LogP contribution < -0.4 is 20.9 Å². The maximum Gasteiger partial charge on any atom is 0.412 e. The fourth-order valence-electron chi connectivity index (χ4n) is 5.65. The first kappa shape index (κ1) is 33.0. The van der Waals surface area contributed by atoms with Crippen molar-refractivity contribution >= 4 is 45.8 Å². The van der Waals surface area contributed by atoms with E-state index in [4.69, 9.17) is 4.74 Å². The summed E-state index contributed by atoms with van der Waals surface area (Å²) >= 11 is 0.679. The number of piperidine rings is 1. The van der Waals surface area contributed by atoms with Gasteiger partial charge in [0.2, 0.25) is 0 Å². The van der Waals surface area contributed by atoms with Crippen molar-refractivity contribution in [2.24, 2.45) is 5.92 Å². The van der Waals surface area contributed by atoms with Crippen LogP contribution in [0.4, 0.5) is 34.7 Å². The standard InChI is InChI=1S/C30H34F2N6O7S/c1-13-11-38(12-18(24(13)40)35-28(42)43)23-14-8-9-19(39)21(14)33-10-17(23)34-25(41)22-27(37-29(44)45-30(2,3)4)46-26(36-22)20-15(31)6-5-7-16(20)32/h5-7,10,13,18-19,24,35,39-40H,8-9,11-12H2,1-4H3,(H,34,41)(H,37,44)(H,42,43)/t13-,18+,19?,24+/m0/s1. The maximum absolute atomic E-state index is 14.7. The third-order valence-corrected chi connectivity index (χ3v) is 8.58. The van der Waals surface area contributed by atoms with E-state index in [1.54, 1.807) is 27.7 Å². The summed E-state index contributed by atoms with van der Waals surface area (Å²) in [6, 6.07) is 2.41. The molecule has 3 amide bonds. The molecule has 1 aliphatic heterocycles. The number of carboxylic acid groups (broad SMARTS) is 1. The number of thiazole rings is 1. The number of pyridine rings is 1. The maximum atomic E-state index is 14.7. The van der Waals surface area contributed by atoms with Crippen LogP contribution in [0.15, 0.2) is 24.4 Å². The molecule has 3 aromatic rings. The van der Waals surface area contributed by atoms with Crippen molar-refractivity contribution in [3.05, 3.63) is 53.0 Å². The normalized spacial score (nSPS) is 21.0. The third kappa shape index (κ3) is 6.88. The van der Waals surface area contributed by atoms with E-state index in [-0.39, 0.29) is 40.4 Å². The number of aromatic nitrogens is 2. The van der Waals surface area contributed by atoms with Gasteiger partial charge in [0.25, 0.3) is 5.91 Å². The van der Waals surface area contributed by atoms with Crippen LogP contribution in [0, 0.1) is 17.6 Å². The number of aliphatic hydroxyl groups is 2. The van der Waals surface area contributed by atoms with Gasteiger partial charge in [-0.15, -0.1) is 0 Å². The van der Waals surface area contributed by atoms with E-state index in [0.29, 0.717) is 41.1 Å². The van der Waals surface area contributed by atoms with Crippen molar-refractivity contribution in [2.45, 2.75) is 64.4 Å². The zero-order valence-corrected chi connectivity index (χ0v) is 26.2. The van der Waals surface area contributed by atoms with Crippen molar-refractivity contribution in [2.75, 3.05) is 28.6 Å². The van der Waals surface area contributed by atoms with Crippen LogP contribution in [0.5, 0.6) is 0 Å². The SMILES string of the molecule is C[C@H]1CN(c2c(NC(=O)c3nc(-c4c(F)cccc4F)sc3NC(=O)OC(C)(C)C)cnc3c2CCC3O)C[C@@H](NC(=O)O)[C@@H]1O. The van der Waals surface area contributed by atoms with Crippen LogP contribution in [-0.2, 0) is 11.2 Å². The minimum absolute atomic E-state index is 0.0477. The van der Waals surface area contributed by atoms with Crippen LogP contribution >= 0.6 is 11.3 Å². The first-order valence-corrected chi connectivity index (χ1v) is 15.3. The highest BCUT2D eigenvalue weighted by Crippen LogP contribution is 2.42. The fraction of sp³-hybridized carbons (Fsp3) is 0.433. The molecule has 46 heavy (non-hydrogen) atoms. The van der Waals surface area contributed by atoms with E-state index in [9.17, 15) is 38.5 Å². The molecule has 1 saturated heterocycles. The Hall–Kier alpha value is -4.41. The van der Waals surface area contributed by atoms with Gasteiger partial charge in [-0.3, -0.25) is 15.1 Å². The highest BCUT2D eigenvalue weighted by atomic mass is 32.1. The Morgan fingerprint density at radius 1 is 1.11 bits per heavy atom. The molecule has 4 atom stereocenters. The van der Waals surface area contributed by atoms with Gasteiger partial charge in [-0.25, -0.2) is 23.4 Å². The number of anilines is 3. The summed E-state index contributed by atoms with van der Waals surface area (Å²) in [7, 11) is 0. The van der Waals surface area contributed by atoms with Gasteiger partial charge in [-0.2, -0.15) is 0 Å². The molecule has 0 spiro atoms. The Balaban J connectivity index is 1.55. The smallest absolute Gasteiger partial charge is 0.412 e. The van der Waals surface area contributed by atoms with E-state index in [1.807, 2.05) is 4.90 Å². The largest absolute Gasteiger partial charge is 0.465 e. The molecular formula is C30H34F2N6O7S. The number of aliphatic hydroxyl groups excluding tert-OH is 2. The molecule has 0 bridgehead atoms. The number of ether oxygens (including phenoxy) is 1. The van der Waals surface area contributed by atoms with Gasteiger partial charge in [-0.05, 0) is 45.7 Å². The Bertz CT molecular complexity index is 1660. The Kier molecular flexibility index (Phi) is 9.15. The van der Waals surface area contributed by atoms with E-state index < -0.39 is 59.1 Å². The molecule has 6 N–H and O–H groups in total. The monoisotopic (exact) mass is 660 g/mol. The number of hydrogen-bond donors (Lipinski definition) is 6. The first-order valence-electron chi connectivity index (χ1n) is 14.5. The molecule has 1 aliphatic carbocycles. The molecule has 2 aromatic heterocycles. The second kappa shape index (κ2) is 12.8. The molecule has 16 heteroatoms. The summed E-state index contributed by atoms with van der Waals surface area (Å²) in [5.41, 5.74) is -0.0123. The van der Waals surface area contributed by atoms with E-state index in [0.717, 1.165) is 12.1 Å². The van der Waals surface area contributed by atoms with Gasteiger partial charge in [0, 0.05) is 24.6 Å². The van der Waals surface area contributed by atoms with Crippen LogP contribution in [-0.4, -0.2) is 74.2 Å². The molecule has 1 aromatic carbocycles. The lowest BCUT2D eigenvalue weighted by atomic mass is 9.91. The van der Waals surface area contributed by atoms with Crippen molar-refractivity contribution < 1.29 is 43.2 Å². The van der Waals surface area contributed by atoms with Crippen molar-refractivity contribution in [3.8, 4) is 10.6 Å². The number of fused-ring (bicyclic) bond motifs is 1. The molecule has 0 saturated carbocycles. The van der Waals surface area contributed by atoms with E-state index in [2.05, 4.69) is 25.9 Å².